The van der Waals surface area contributed by atoms with Crippen molar-refractivity contribution in [3.63, 3.8) is 0 Å². The summed E-state index contributed by atoms with van der Waals surface area (Å²) in [5.74, 6) is 1.97. The van der Waals surface area contributed by atoms with Crippen LogP contribution in [0.5, 0.6) is 0 Å². The van der Waals surface area contributed by atoms with Crippen molar-refractivity contribution in [1.29, 1.82) is 0 Å². The van der Waals surface area contributed by atoms with Crippen molar-refractivity contribution in [2.75, 3.05) is 12.3 Å². The van der Waals surface area contributed by atoms with Crippen molar-refractivity contribution in [3.05, 3.63) is 18.6 Å². The molecule has 1 saturated carbocycles. The first-order valence-corrected chi connectivity index (χ1v) is 8.51. The van der Waals surface area contributed by atoms with Gasteiger partial charge in [-0.2, -0.15) is 0 Å². The lowest BCUT2D eigenvalue weighted by Gasteiger charge is -2.30. The van der Waals surface area contributed by atoms with Crippen molar-refractivity contribution < 1.29 is 0 Å². The number of nitrogens with zero attached hydrogens (tertiary/aromatic N) is 2. The highest BCUT2D eigenvalue weighted by atomic mass is 32.2. The van der Waals surface area contributed by atoms with Gasteiger partial charge in [-0.1, -0.05) is 26.2 Å². The summed E-state index contributed by atoms with van der Waals surface area (Å²) < 4.78 is 0. The van der Waals surface area contributed by atoms with Crippen LogP contribution in [-0.2, 0) is 0 Å². The van der Waals surface area contributed by atoms with Gasteiger partial charge in [-0.15, -0.1) is 11.8 Å². The number of hydrogen-bond donors (Lipinski definition) is 1. The Balaban J connectivity index is 1.85. The zero-order valence-corrected chi connectivity index (χ0v) is 12.7. The van der Waals surface area contributed by atoms with Crippen molar-refractivity contribution in [1.82, 2.24) is 15.3 Å². The van der Waals surface area contributed by atoms with E-state index in [0.29, 0.717) is 6.04 Å². The quantitative estimate of drug-likeness (QED) is 0.775. The van der Waals surface area contributed by atoms with E-state index in [1.165, 1.54) is 38.5 Å². The van der Waals surface area contributed by atoms with Crippen molar-refractivity contribution >= 4 is 11.8 Å². The average Bonchev–Trinajstić information content (AvgIpc) is 2.49. The molecule has 3 nitrogen and oxygen atoms in total. The maximum absolute atomic E-state index is 4.35. The van der Waals surface area contributed by atoms with Gasteiger partial charge in [0, 0.05) is 24.2 Å². The maximum Gasteiger partial charge on any atom is 0.114 e. The molecule has 1 aliphatic rings. The highest BCUT2D eigenvalue weighted by Crippen LogP contribution is 2.29. The van der Waals surface area contributed by atoms with E-state index in [2.05, 4.69) is 22.2 Å². The highest BCUT2D eigenvalue weighted by molar-refractivity contribution is 7.99. The molecule has 1 unspecified atom stereocenters. The minimum absolute atomic E-state index is 0.632. The molecule has 0 radical (unpaired) electrons. The molecule has 0 bridgehead atoms. The third-order valence-corrected chi connectivity index (χ3v) is 4.86. The van der Waals surface area contributed by atoms with Gasteiger partial charge < -0.3 is 5.32 Å². The van der Waals surface area contributed by atoms with Crippen LogP contribution in [0.1, 0.15) is 45.4 Å². The SMILES string of the molecule is CCCNC(CSc1cnccn1)C1CCCCC1. The summed E-state index contributed by atoms with van der Waals surface area (Å²) in [5.41, 5.74) is 0. The first-order valence-electron chi connectivity index (χ1n) is 7.52. The summed E-state index contributed by atoms with van der Waals surface area (Å²) in [6, 6.07) is 0.632. The fraction of sp³-hybridized carbons (Fsp3) is 0.733. The van der Waals surface area contributed by atoms with E-state index in [0.717, 1.165) is 23.2 Å². The van der Waals surface area contributed by atoms with Crippen molar-refractivity contribution in [3.8, 4) is 0 Å². The summed E-state index contributed by atoms with van der Waals surface area (Å²) in [5, 5.41) is 4.78. The van der Waals surface area contributed by atoms with Gasteiger partial charge in [0.2, 0.25) is 0 Å². The third kappa shape index (κ3) is 5.11. The van der Waals surface area contributed by atoms with Gasteiger partial charge in [0.1, 0.15) is 5.03 Å². The van der Waals surface area contributed by atoms with E-state index >= 15 is 0 Å². The van der Waals surface area contributed by atoms with Gasteiger partial charge in [-0.25, -0.2) is 4.98 Å². The maximum atomic E-state index is 4.35. The number of thioether (sulfide) groups is 1. The normalized spacial score (nSPS) is 18.4. The van der Waals surface area contributed by atoms with Crippen LogP contribution in [0, 0.1) is 5.92 Å². The van der Waals surface area contributed by atoms with E-state index in [1.54, 1.807) is 12.4 Å². The van der Waals surface area contributed by atoms with Gasteiger partial charge in [-0.05, 0) is 31.7 Å². The molecule has 0 aliphatic heterocycles. The molecule has 4 heteroatoms. The summed E-state index contributed by atoms with van der Waals surface area (Å²) in [7, 11) is 0. The van der Waals surface area contributed by atoms with Gasteiger partial charge in [0.15, 0.2) is 0 Å². The Labute approximate surface area is 121 Å². The summed E-state index contributed by atoms with van der Waals surface area (Å²) >= 11 is 1.84. The molecule has 1 aliphatic carbocycles. The van der Waals surface area contributed by atoms with E-state index in [1.807, 2.05) is 18.0 Å². The van der Waals surface area contributed by atoms with Crippen molar-refractivity contribution in [2.45, 2.75) is 56.5 Å². The van der Waals surface area contributed by atoms with Crippen LogP contribution in [0.3, 0.4) is 0 Å². The second-order valence-corrected chi connectivity index (χ2v) is 6.35. The lowest BCUT2D eigenvalue weighted by atomic mass is 9.84. The second kappa shape index (κ2) is 8.54. The molecule has 0 amide bonds. The molecule has 19 heavy (non-hydrogen) atoms. The van der Waals surface area contributed by atoms with E-state index in [9.17, 15) is 0 Å². The van der Waals surface area contributed by atoms with Crippen LogP contribution in [0.15, 0.2) is 23.6 Å². The molecule has 0 aromatic carbocycles. The molecule has 1 N–H and O–H groups in total. The molecule has 0 saturated heterocycles. The number of rotatable bonds is 7. The van der Waals surface area contributed by atoms with Crippen LogP contribution in [0.25, 0.3) is 0 Å². The first kappa shape index (κ1) is 14.8. The third-order valence-electron chi connectivity index (χ3n) is 3.83. The predicted molar refractivity (Wildman–Crippen MR) is 81.4 cm³/mol. The van der Waals surface area contributed by atoms with Gasteiger partial charge in [-0.3, -0.25) is 4.98 Å². The highest BCUT2D eigenvalue weighted by Gasteiger charge is 2.23. The molecule has 1 atom stereocenters. The van der Waals surface area contributed by atoms with Crippen LogP contribution >= 0.6 is 11.8 Å². The largest absolute Gasteiger partial charge is 0.313 e. The fourth-order valence-electron chi connectivity index (χ4n) is 2.76. The Morgan fingerprint density at radius 1 is 1.32 bits per heavy atom. The molecule has 106 valence electrons. The Hall–Kier alpha value is -0.610. The van der Waals surface area contributed by atoms with Gasteiger partial charge >= 0.3 is 0 Å². The van der Waals surface area contributed by atoms with E-state index in [-0.39, 0.29) is 0 Å². The van der Waals surface area contributed by atoms with E-state index in [4.69, 9.17) is 0 Å². The molecule has 2 rings (SSSR count). The Bertz CT molecular complexity index is 339. The van der Waals surface area contributed by atoms with Crippen LogP contribution in [-0.4, -0.2) is 28.3 Å². The van der Waals surface area contributed by atoms with Gasteiger partial charge in [0.05, 0.1) is 6.20 Å². The predicted octanol–water partition coefficient (Wildman–Crippen LogP) is 3.52. The number of aromatic nitrogens is 2. The van der Waals surface area contributed by atoms with Crippen LogP contribution in [0.4, 0.5) is 0 Å². The second-order valence-electron chi connectivity index (χ2n) is 5.31. The molecule has 0 spiro atoms. The van der Waals surface area contributed by atoms with Crippen molar-refractivity contribution in [2.24, 2.45) is 5.92 Å². The summed E-state index contributed by atoms with van der Waals surface area (Å²) in [6.45, 7) is 3.36. The Kier molecular flexibility index (Phi) is 6.65. The monoisotopic (exact) mass is 279 g/mol. The molecule has 1 heterocycles. The summed E-state index contributed by atoms with van der Waals surface area (Å²) in [6.07, 6.45) is 13.6. The number of hydrogen-bond acceptors (Lipinski definition) is 4. The van der Waals surface area contributed by atoms with E-state index < -0.39 is 0 Å². The lowest BCUT2D eigenvalue weighted by Crippen LogP contribution is -2.39. The molecule has 1 fully saturated rings. The standard InChI is InChI=1S/C15H25N3S/c1-2-8-17-14(13-6-4-3-5-7-13)12-19-15-11-16-9-10-18-15/h9-11,13-14,17H,2-8,12H2,1H3. The van der Waals surface area contributed by atoms with Crippen LogP contribution in [0.2, 0.25) is 0 Å². The minimum atomic E-state index is 0.632. The molecular weight excluding hydrogens is 254 g/mol. The molecule has 1 aromatic heterocycles. The topological polar surface area (TPSA) is 37.8 Å². The summed E-state index contributed by atoms with van der Waals surface area (Å²) in [4.78, 5) is 8.48. The first-order chi connectivity index (χ1) is 9.40. The van der Waals surface area contributed by atoms with Gasteiger partial charge in [0.25, 0.3) is 0 Å². The van der Waals surface area contributed by atoms with Crippen LogP contribution < -0.4 is 5.32 Å². The zero-order chi connectivity index (χ0) is 13.3. The Morgan fingerprint density at radius 2 is 2.16 bits per heavy atom. The number of nitrogens with one attached hydrogen (secondary N) is 1. The average molecular weight is 279 g/mol. The molecule has 1 aromatic rings. The molecular formula is C15H25N3S. The minimum Gasteiger partial charge on any atom is -0.313 e. The smallest absolute Gasteiger partial charge is 0.114 e. The lowest BCUT2D eigenvalue weighted by molar-refractivity contribution is 0.285. The Morgan fingerprint density at radius 3 is 2.84 bits per heavy atom. The zero-order valence-electron chi connectivity index (χ0n) is 11.8. The fourth-order valence-corrected chi connectivity index (χ4v) is 3.77.